The Hall–Kier alpha value is -1.70. The van der Waals surface area contributed by atoms with E-state index in [1.807, 2.05) is 0 Å². The predicted molar refractivity (Wildman–Crippen MR) is 91.2 cm³/mol. The number of amides is 2. The van der Waals surface area contributed by atoms with Crippen LogP contribution in [0.1, 0.15) is 16.8 Å². The van der Waals surface area contributed by atoms with E-state index in [0.29, 0.717) is 45.8 Å². The summed E-state index contributed by atoms with van der Waals surface area (Å²) in [5.74, 6) is -1.22. The quantitative estimate of drug-likeness (QED) is 0.715. The van der Waals surface area contributed by atoms with Gasteiger partial charge in [0.2, 0.25) is 5.91 Å². The zero-order valence-corrected chi connectivity index (χ0v) is 14.9. The van der Waals surface area contributed by atoms with E-state index in [-0.39, 0.29) is 23.1 Å². The Morgan fingerprint density at radius 2 is 1.88 bits per heavy atom. The highest BCUT2D eigenvalue weighted by Crippen LogP contribution is 2.21. The number of hydrogen-bond donors (Lipinski definition) is 0. The molecule has 0 saturated carbocycles. The predicted octanol–water partition coefficient (Wildman–Crippen LogP) is 1.82. The van der Waals surface area contributed by atoms with Gasteiger partial charge in [-0.1, -0.05) is 17.7 Å². The molecule has 0 aromatic heterocycles. The number of hydrogen-bond acceptors (Lipinski definition) is 4. The lowest BCUT2D eigenvalue weighted by atomic mass is 10.1. The Kier molecular flexibility index (Phi) is 7.61. The van der Waals surface area contributed by atoms with E-state index in [1.54, 1.807) is 12.0 Å². The van der Waals surface area contributed by atoms with Gasteiger partial charge in [-0.3, -0.25) is 9.59 Å². The van der Waals surface area contributed by atoms with Crippen molar-refractivity contribution in [3.8, 4) is 0 Å². The zero-order valence-electron chi connectivity index (χ0n) is 14.2. The van der Waals surface area contributed by atoms with Crippen molar-refractivity contribution < 1.29 is 23.5 Å². The summed E-state index contributed by atoms with van der Waals surface area (Å²) in [6.45, 7) is 2.44. The maximum Gasteiger partial charge on any atom is 0.258 e. The molecule has 1 aromatic carbocycles. The summed E-state index contributed by atoms with van der Waals surface area (Å²) in [7, 11) is 1.56. The van der Waals surface area contributed by atoms with Gasteiger partial charge in [0, 0.05) is 33.3 Å². The van der Waals surface area contributed by atoms with Gasteiger partial charge in [0.1, 0.15) is 12.4 Å². The highest BCUT2D eigenvalue weighted by molar-refractivity contribution is 6.33. The maximum absolute atomic E-state index is 13.9. The van der Waals surface area contributed by atoms with Crippen LogP contribution < -0.4 is 0 Å². The molecule has 0 unspecified atom stereocenters. The van der Waals surface area contributed by atoms with Gasteiger partial charge in [0.15, 0.2) is 0 Å². The molecule has 0 spiro atoms. The molecule has 6 nitrogen and oxygen atoms in total. The zero-order chi connectivity index (χ0) is 18.2. The molecule has 1 aliphatic heterocycles. The molecule has 0 N–H and O–H groups in total. The Labute approximate surface area is 151 Å². The number of ether oxygens (including phenoxy) is 2. The number of methoxy groups -OCH3 is 1. The molecule has 25 heavy (non-hydrogen) atoms. The SMILES string of the molecule is COCCOCC(=O)N1CCCN(C(=O)c2c(F)cccc2Cl)CC1. The smallest absolute Gasteiger partial charge is 0.258 e. The van der Waals surface area contributed by atoms with E-state index < -0.39 is 11.7 Å². The van der Waals surface area contributed by atoms with E-state index in [1.165, 1.54) is 23.1 Å². The van der Waals surface area contributed by atoms with E-state index >= 15 is 0 Å². The van der Waals surface area contributed by atoms with Crippen molar-refractivity contribution >= 4 is 23.4 Å². The summed E-state index contributed by atoms with van der Waals surface area (Å²) in [4.78, 5) is 27.9. The number of halogens is 2. The molecule has 1 heterocycles. The third kappa shape index (κ3) is 5.39. The van der Waals surface area contributed by atoms with Crippen molar-refractivity contribution in [3.63, 3.8) is 0 Å². The van der Waals surface area contributed by atoms with Crippen LogP contribution in [-0.4, -0.2) is 74.7 Å². The van der Waals surface area contributed by atoms with Crippen LogP contribution in [-0.2, 0) is 14.3 Å². The molecule has 1 aliphatic rings. The van der Waals surface area contributed by atoms with Crippen LogP contribution in [0.2, 0.25) is 5.02 Å². The first-order valence-electron chi connectivity index (χ1n) is 8.12. The van der Waals surface area contributed by atoms with Gasteiger partial charge in [-0.15, -0.1) is 0 Å². The van der Waals surface area contributed by atoms with Crippen molar-refractivity contribution in [1.82, 2.24) is 9.80 Å². The molecule has 0 atom stereocenters. The van der Waals surface area contributed by atoms with Crippen LogP contribution in [0.25, 0.3) is 0 Å². The Morgan fingerprint density at radius 1 is 1.16 bits per heavy atom. The summed E-state index contributed by atoms with van der Waals surface area (Å²) >= 11 is 5.97. The van der Waals surface area contributed by atoms with Crippen molar-refractivity contribution in [3.05, 3.63) is 34.6 Å². The second kappa shape index (κ2) is 9.70. The first-order chi connectivity index (χ1) is 12.0. The number of carbonyl (C=O) groups is 2. The van der Waals surface area contributed by atoms with Gasteiger partial charge in [-0.05, 0) is 18.6 Å². The minimum absolute atomic E-state index is 0.0174. The average Bonchev–Trinajstić information content (AvgIpc) is 2.84. The molecule has 138 valence electrons. The number of rotatable bonds is 6. The van der Waals surface area contributed by atoms with E-state index in [9.17, 15) is 14.0 Å². The Balaban J connectivity index is 1.92. The molecule has 1 fully saturated rings. The van der Waals surface area contributed by atoms with E-state index in [0.717, 1.165) is 0 Å². The number of carbonyl (C=O) groups excluding carboxylic acids is 2. The normalized spacial score (nSPS) is 15.2. The summed E-state index contributed by atoms with van der Waals surface area (Å²) in [5, 5.41) is 0.0914. The van der Waals surface area contributed by atoms with E-state index in [4.69, 9.17) is 21.1 Å². The molecule has 8 heteroatoms. The van der Waals surface area contributed by atoms with Gasteiger partial charge < -0.3 is 19.3 Å². The third-order valence-corrected chi connectivity index (χ3v) is 4.28. The van der Waals surface area contributed by atoms with Crippen LogP contribution in [0.4, 0.5) is 4.39 Å². The Morgan fingerprint density at radius 3 is 2.60 bits per heavy atom. The molecule has 2 amide bonds. The van der Waals surface area contributed by atoms with E-state index in [2.05, 4.69) is 0 Å². The van der Waals surface area contributed by atoms with Crippen LogP contribution in [0.5, 0.6) is 0 Å². The van der Waals surface area contributed by atoms with Crippen LogP contribution >= 0.6 is 11.6 Å². The first kappa shape index (κ1) is 19.6. The second-order valence-electron chi connectivity index (χ2n) is 5.67. The summed E-state index contributed by atoms with van der Waals surface area (Å²) in [6.07, 6.45) is 0.613. The summed E-state index contributed by atoms with van der Waals surface area (Å²) < 4.78 is 24.0. The fourth-order valence-corrected chi connectivity index (χ4v) is 2.87. The highest BCUT2D eigenvalue weighted by Gasteiger charge is 2.25. The fraction of sp³-hybridized carbons (Fsp3) is 0.529. The van der Waals surface area contributed by atoms with Gasteiger partial charge in [0.05, 0.1) is 23.8 Å². The molecular formula is C17H22ClFN2O4. The highest BCUT2D eigenvalue weighted by atomic mass is 35.5. The first-order valence-corrected chi connectivity index (χ1v) is 8.50. The van der Waals surface area contributed by atoms with Crippen molar-refractivity contribution in [1.29, 1.82) is 0 Å². The maximum atomic E-state index is 13.9. The lowest BCUT2D eigenvalue weighted by molar-refractivity contribution is -0.136. The van der Waals surface area contributed by atoms with Gasteiger partial charge in [-0.25, -0.2) is 4.39 Å². The van der Waals surface area contributed by atoms with Crippen molar-refractivity contribution in [2.45, 2.75) is 6.42 Å². The molecular weight excluding hydrogens is 351 g/mol. The lowest BCUT2D eigenvalue weighted by Gasteiger charge is -2.22. The van der Waals surface area contributed by atoms with Gasteiger partial charge in [-0.2, -0.15) is 0 Å². The topological polar surface area (TPSA) is 59.1 Å². The monoisotopic (exact) mass is 372 g/mol. The minimum atomic E-state index is -0.638. The average molecular weight is 373 g/mol. The van der Waals surface area contributed by atoms with Crippen molar-refractivity contribution in [2.75, 3.05) is 53.1 Å². The summed E-state index contributed by atoms with van der Waals surface area (Å²) in [5.41, 5.74) is -0.119. The third-order valence-electron chi connectivity index (χ3n) is 3.97. The molecule has 2 rings (SSSR count). The van der Waals surface area contributed by atoms with Gasteiger partial charge >= 0.3 is 0 Å². The molecule has 0 aliphatic carbocycles. The fourth-order valence-electron chi connectivity index (χ4n) is 2.62. The molecule has 1 saturated heterocycles. The molecule has 1 aromatic rings. The number of nitrogens with zero attached hydrogens (tertiary/aromatic N) is 2. The largest absolute Gasteiger partial charge is 0.382 e. The van der Waals surface area contributed by atoms with Crippen LogP contribution in [0.3, 0.4) is 0 Å². The standard InChI is InChI=1S/C17H22ClFN2O4/c1-24-10-11-25-12-15(22)20-6-3-7-21(9-8-20)17(23)16-13(18)4-2-5-14(16)19/h2,4-5H,3,6-12H2,1H3. The second-order valence-corrected chi connectivity index (χ2v) is 6.08. The van der Waals surface area contributed by atoms with Gasteiger partial charge in [0.25, 0.3) is 5.91 Å². The lowest BCUT2D eigenvalue weighted by Crippen LogP contribution is -2.39. The van der Waals surface area contributed by atoms with Crippen LogP contribution in [0, 0.1) is 5.82 Å². The molecule has 0 bridgehead atoms. The summed E-state index contributed by atoms with van der Waals surface area (Å²) in [6, 6.07) is 4.16. The number of benzene rings is 1. The van der Waals surface area contributed by atoms with Crippen LogP contribution in [0.15, 0.2) is 18.2 Å². The molecule has 0 radical (unpaired) electrons. The Bertz CT molecular complexity index is 594. The van der Waals surface area contributed by atoms with Crippen molar-refractivity contribution in [2.24, 2.45) is 0 Å². The minimum Gasteiger partial charge on any atom is -0.382 e.